The lowest BCUT2D eigenvalue weighted by Gasteiger charge is -2.14. The molecule has 17 heavy (non-hydrogen) atoms. The molecular weight excluding hydrogens is 220 g/mol. The Bertz CT molecular complexity index is 422. The van der Waals surface area contributed by atoms with Gasteiger partial charge in [0.2, 0.25) is 11.8 Å². The van der Waals surface area contributed by atoms with Crippen molar-refractivity contribution in [3.63, 3.8) is 0 Å². The number of aromatic nitrogens is 2. The molecule has 1 amide bonds. The van der Waals surface area contributed by atoms with Crippen molar-refractivity contribution in [1.29, 1.82) is 0 Å². The van der Waals surface area contributed by atoms with Gasteiger partial charge in [0.05, 0.1) is 18.2 Å². The lowest BCUT2D eigenvalue weighted by Crippen LogP contribution is -2.23. The number of hydrogen-bond acceptors (Lipinski definition) is 5. The van der Waals surface area contributed by atoms with Gasteiger partial charge in [0.1, 0.15) is 12.1 Å². The van der Waals surface area contributed by atoms with Gasteiger partial charge >= 0.3 is 0 Å². The number of anilines is 1. The third-order valence-corrected chi connectivity index (χ3v) is 2.64. The molecule has 1 saturated heterocycles. The second-order valence-electron chi connectivity index (χ2n) is 3.93. The van der Waals surface area contributed by atoms with Gasteiger partial charge in [-0.25, -0.2) is 9.97 Å². The summed E-state index contributed by atoms with van der Waals surface area (Å²) in [6.07, 6.45) is 1.94. The van der Waals surface area contributed by atoms with E-state index in [1.165, 1.54) is 6.33 Å². The Morgan fingerprint density at radius 3 is 3.06 bits per heavy atom. The highest BCUT2D eigenvalue weighted by Crippen LogP contribution is 2.21. The van der Waals surface area contributed by atoms with E-state index in [0.29, 0.717) is 25.5 Å². The third kappa shape index (κ3) is 2.64. The molecule has 1 atom stereocenters. The SMILES string of the molecule is CCOc1ncnc(NC2CNC(=O)C2)c1C. The molecule has 0 saturated carbocycles. The van der Waals surface area contributed by atoms with Crippen LogP contribution in [0.3, 0.4) is 0 Å². The molecule has 0 aliphatic carbocycles. The number of amides is 1. The Hall–Kier alpha value is -1.85. The molecule has 2 N–H and O–H groups in total. The Morgan fingerprint density at radius 1 is 1.59 bits per heavy atom. The highest BCUT2D eigenvalue weighted by Gasteiger charge is 2.22. The Kier molecular flexibility index (Phi) is 3.41. The van der Waals surface area contributed by atoms with Gasteiger partial charge in [0.25, 0.3) is 0 Å². The van der Waals surface area contributed by atoms with Crippen LogP contribution < -0.4 is 15.4 Å². The molecule has 2 heterocycles. The highest BCUT2D eigenvalue weighted by molar-refractivity contribution is 5.79. The van der Waals surface area contributed by atoms with Gasteiger partial charge in [0, 0.05) is 13.0 Å². The van der Waals surface area contributed by atoms with Crippen molar-refractivity contribution in [3.05, 3.63) is 11.9 Å². The summed E-state index contributed by atoms with van der Waals surface area (Å²) in [5.74, 6) is 1.38. The van der Waals surface area contributed by atoms with Gasteiger partial charge < -0.3 is 15.4 Å². The van der Waals surface area contributed by atoms with Crippen LogP contribution in [-0.4, -0.2) is 35.1 Å². The normalized spacial score (nSPS) is 18.9. The monoisotopic (exact) mass is 236 g/mol. The number of hydrogen-bond donors (Lipinski definition) is 2. The van der Waals surface area contributed by atoms with Crippen LogP contribution in [-0.2, 0) is 4.79 Å². The van der Waals surface area contributed by atoms with Crippen LogP contribution >= 0.6 is 0 Å². The summed E-state index contributed by atoms with van der Waals surface area (Å²) >= 11 is 0. The van der Waals surface area contributed by atoms with Crippen LogP contribution in [0.1, 0.15) is 18.9 Å². The fraction of sp³-hybridized carbons (Fsp3) is 0.545. The van der Waals surface area contributed by atoms with E-state index < -0.39 is 0 Å². The van der Waals surface area contributed by atoms with Crippen LogP contribution in [0.5, 0.6) is 5.88 Å². The van der Waals surface area contributed by atoms with Crippen molar-refractivity contribution in [3.8, 4) is 5.88 Å². The summed E-state index contributed by atoms with van der Waals surface area (Å²) in [5, 5.41) is 6.00. The number of ether oxygens (including phenoxy) is 1. The highest BCUT2D eigenvalue weighted by atomic mass is 16.5. The first kappa shape index (κ1) is 11.6. The van der Waals surface area contributed by atoms with Crippen molar-refractivity contribution in [1.82, 2.24) is 15.3 Å². The number of carbonyl (C=O) groups excluding carboxylic acids is 1. The summed E-state index contributed by atoms with van der Waals surface area (Å²) < 4.78 is 5.39. The molecule has 1 fully saturated rings. The first-order valence-electron chi connectivity index (χ1n) is 5.68. The fourth-order valence-electron chi connectivity index (χ4n) is 1.76. The van der Waals surface area contributed by atoms with E-state index in [-0.39, 0.29) is 11.9 Å². The molecule has 1 aromatic rings. The maximum absolute atomic E-state index is 11.1. The van der Waals surface area contributed by atoms with Crippen molar-refractivity contribution < 1.29 is 9.53 Å². The van der Waals surface area contributed by atoms with Crippen LogP contribution in [0.4, 0.5) is 5.82 Å². The topological polar surface area (TPSA) is 76.1 Å². The second-order valence-corrected chi connectivity index (χ2v) is 3.93. The Morgan fingerprint density at radius 2 is 2.41 bits per heavy atom. The van der Waals surface area contributed by atoms with Crippen molar-refractivity contribution in [2.24, 2.45) is 0 Å². The molecule has 1 aliphatic heterocycles. The number of nitrogens with one attached hydrogen (secondary N) is 2. The van der Waals surface area contributed by atoms with Crippen molar-refractivity contribution >= 4 is 11.7 Å². The minimum Gasteiger partial charge on any atom is -0.478 e. The molecule has 6 nitrogen and oxygen atoms in total. The maximum Gasteiger partial charge on any atom is 0.222 e. The average molecular weight is 236 g/mol. The molecule has 6 heteroatoms. The molecule has 92 valence electrons. The zero-order valence-electron chi connectivity index (χ0n) is 9.99. The average Bonchev–Trinajstić information content (AvgIpc) is 2.70. The van der Waals surface area contributed by atoms with E-state index >= 15 is 0 Å². The lowest BCUT2D eigenvalue weighted by atomic mass is 10.2. The summed E-state index contributed by atoms with van der Waals surface area (Å²) in [6, 6.07) is 0.0885. The maximum atomic E-state index is 11.1. The fourth-order valence-corrected chi connectivity index (χ4v) is 1.76. The Balaban J connectivity index is 2.10. The van der Waals surface area contributed by atoms with Crippen LogP contribution in [0, 0.1) is 6.92 Å². The second kappa shape index (κ2) is 4.99. The van der Waals surface area contributed by atoms with Gasteiger partial charge in [-0.05, 0) is 13.8 Å². The van der Waals surface area contributed by atoms with E-state index in [2.05, 4.69) is 20.6 Å². The molecule has 0 aromatic carbocycles. The molecule has 1 unspecified atom stereocenters. The molecule has 1 aliphatic rings. The summed E-state index contributed by atoms with van der Waals surface area (Å²) in [6.45, 7) is 5.01. The number of rotatable bonds is 4. The van der Waals surface area contributed by atoms with Crippen molar-refractivity contribution in [2.75, 3.05) is 18.5 Å². The smallest absolute Gasteiger partial charge is 0.222 e. The zero-order chi connectivity index (χ0) is 12.3. The van der Waals surface area contributed by atoms with Gasteiger partial charge in [0.15, 0.2) is 0 Å². The molecule has 0 bridgehead atoms. The summed E-state index contributed by atoms with van der Waals surface area (Å²) in [5.41, 5.74) is 0.869. The number of nitrogens with zero attached hydrogens (tertiary/aromatic N) is 2. The Labute approximate surface area is 99.8 Å². The standard InChI is InChI=1S/C11H16N4O2/c1-3-17-11-7(2)10(13-6-14-11)15-8-4-9(16)12-5-8/h6,8H,3-5H2,1-2H3,(H,12,16)(H,13,14,15). The molecule has 0 radical (unpaired) electrons. The lowest BCUT2D eigenvalue weighted by molar-refractivity contribution is -0.119. The van der Waals surface area contributed by atoms with Gasteiger partial charge in [-0.1, -0.05) is 0 Å². The van der Waals surface area contributed by atoms with E-state index in [0.717, 1.165) is 11.4 Å². The van der Waals surface area contributed by atoms with E-state index in [9.17, 15) is 4.79 Å². The summed E-state index contributed by atoms with van der Waals surface area (Å²) in [7, 11) is 0. The van der Waals surface area contributed by atoms with Gasteiger partial charge in [-0.15, -0.1) is 0 Å². The van der Waals surface area contributed by atoms with Crippen LogP contribution in [0.25, 0.3) is 0 Å². The molecule has 2 rings (SSSR count). The van der Waals surface area contributed by atoms with Crippen LogP contribution in [0.2, 0.25) is 0 Å². The minimum absolute atomic E-state index is 0.0687. The van der Waals surface area contributed by atoms with Crippen LogP contribution in [0.15, 0.2) is 6.33 Å². The first-order valence-corrected chi connectivity index (χ1v) is 5.68. The van der Waals surface area contributed by atoms with E-state index in [1.54, 1.807) is 0 Å². The molecule has 1 aromatic heterocycles. The van der Waals surface area contributed by atoms with E-state index in [4.69, 9.17) is 4.74 Å². The molecule has 0 spiro atoms. The minimum atomic E-state index is 0.0687. The molecular formula is C11H16N4O2. The zero-order valence-corrected chi connectivity index (χ0v) is 9.99. The predicted octanol–water partition coefficient (Wildman–Crippen LogP) is 0.484. The van der Waals surface area contributed by atoms with Crippen molar-refractivity contribution in [2.45, 2.75) is 26.3 Å². The first-order chi connectivity index (χ1) is 8.20. The summed E-state index contributed by atoms with van der Waals surface area (Å²) in [4.78, 5) is 19.3. The quantitative estimate of drug-likeness (QED) is 0.795. The van der Waals surface area contributed by atoms with E-state index in [1.807, 2.05) is 13.8 Å². The predicted molar refractivity (Wildman–Crippen MR) is 63.0 cm³/mol. The largest absolute Gasteiger partial charge is 0.478 e. The third-order valence-electron chi connectivity index (χ3n) is 2.64. The van der Waals surface area contributed by atoms with Gasteiger partial charge in [-0.3, -0.25) is 4.79 Å². The van der Waals surface area contributed by atoms with Gasteiger partial charge in [-0.2, -0.15) is 0 Å². The number of carbonyl (C=O) groups is 1.